The van der Waals surface area contributed by atoms with E-state index in [1.165, 1.54) is 14.2 Å². The minimum Gasteiger partial charge on any atom is -0.349 e. The van der Waals surface area contributed by atoms with Crippen LogP contribution in [0.4, 0.5) is 0 Å². The van der Waals surface area contributed by atoms with Crippen molar-refractivity contribution in [3.05, 3.63) is 20.1 Å². The van der Waals surface area contributed by atoms with Gasteiger partial charge in [0.15, 0.2) is 14.6 Å². The van der Waals surface area contributed by atoms with Crippen molar-refractivity contribution >= 4 is 98.6 Å². The number of halogens is 8. The molecule has 4 atom stereocenters. The van der Waals surface area contributed by atoms with Gasteiger partial charge in [0.05, 0.1) is 15.1 Å². The lowest BCUT2D eigenvalue weighted by molar-refractivity contribution is -0.218. The third kappa shape index (κ3) is 1.37. The van der Waals surface area contributed by atoms with Crippen LogP contribution >= 0.6 is 92.8 Å². The fourth-order valence-electron chi connectivity index (χ4n) is 3.72. The number of allylic oxidation sites excluding steroid dienone is 2. The Morgan fingerprint density at radius 1 is 0.696 bits per heavy atom. The first-order valence-corrected chi connectivity index (χ1v) is 8.96. The average Bonchev–Trinajstić information content (AvgIpc) is 2.82. The molecule has 0 saturated heterocycles. The fraction of sp³-hybridized carbons (Fsp3) is 0.583. The summed E-state index contributed by atoms with van der Waals surface area (Å²) in [7, 11) is 2.48. The molecule has 4 unspecified atom stereocenters. The number of carbonyl (C=O) groups is 1. The van der Waals surface area contributed by atoms with Crippen molar-refractivity contribution < 1.29 is 14.3 Å². The van der Waals surface area contributed by atoms with E-state index in [4.69, 9.17) is 102 Å². The minimum atomic E-state index is -2.18. The maximum atomic E-state index is 12.8. The molecule has 0 spiro atoms. The molecule has 3 aliphatic carbocycles. The van der Waals surface area contributed by atoms with Crippen LogP contribution in [-0.4, -0.2) is 45.3 Å². The zero-order valence-electron chi connectivity index (χ0n) is 11.2. The lowest BCUT2D eigenvalue weighted by atomic mass is 9.82. The number of ether oxygens (including phenoxy) is 2. The number of Topliss-reactive ketones (excluding diaryl/α,β-unsaturated/α-hetero) is 1. The summed E-state index contributed by atoms with van der Waals surface area (Å²) >= 11 is 51.6. The third-order valence-corrected chi connectivity index (χ3v) is 10.2. The SMILES string of the molecule is COC1(OC)C2(Cl)C(Cl)=C(Cl)C1(Cl)C1(Cl)C(Cl)=C(Cl)C(=O)C21Cl. The highest BCUT2D eigenvalue weighted by Gasteiger charge is 2.99. The molecule has 0 amide bonds. The topological polar surface area (TPSA) is 35.5 Å². The molecule has 11 heteroatoms. The highest BCUT2D eigenvalue weighted by Crippen LogP contribution is 2.83. The second kappa shape index (κ2) is 5.01. The number of carbonyl (C=O) groups excluding carboxylic acids is 1. The normalized spacial score (nSPS) is 47.8. The summed E-state index contributed by atoms with van der Waals surface area (Å²) in [4.78, 5) is 4.47. The standard InChI is InChI=1S/C12H6Cl8O3/c1-22-12(23-2)9(18)5(15)6(16)10(12,19)11(20)7(21)3(13)4(14)8(9,11)17/h1-2H3. The molecule has 0 aromatic heterocycles. The average molecular weight is 482 g/mol. The summed E-state index contributed by atoms with van der Waals surface area (Å²) in [6.45, 7) is 0. The second-order valence-electron chi connectivity index (χ2n) is 5.24. The Balaban J connectivity index is 2.56. The maximum Gasteiger partial charge on any atom is 0.221 e. The van der Waals surface area contributed by atoms with Gasteiger partial charge in [-0.15, -0.1) is 46.4 Å². The van der Waals surface area contributed by atoms with E-state index >= 15 is 0 Å². The van der Waals surface area contributed by atoms with Gasteiger partial charge in [0.2, 0.25) is 11.6 Å². The molecule has 2 bridgehead atoms. The largest absolute Gasteiger partial charge is 0.349 e. The highest BCUT2D eigenvalue weighted by molar-refractivity contribution is 6.70. The second-order valence-corrected chi connectivity index (χ2v) is 9.02. The Bertz CT molecular complexity index is 715. The molecule has 0 aliphatic heterocycles. The van der Waals surface area contributed by atoms with Crippen LogP contribution < -0.4 is 0 Å². The molecule has 3 rings (SSSR count). The Labute approximate surface area is 171 Å². The van der Waals surface area contributed by atoms with Crippen molar-refractivity contribution in [2.24, 2.45) is 0 Å². The van der Waals surface area contributed by atoms with Crippen molar-refractivity contribution in [3.63, 3.8) is 0 Å². The first-order chi connectivity index (χ1) is 10.4. The van der Waals surface area contributed by atoms with Crippen molar-refractivity contribution in [2.75, 3.05) is 14.2 Å². The summed E-state index contributed by atoms with van der Waals surface area (Å²) in [5.74, 6) is -2.83. The van der Waals surface area contributed by atoms with Gasteiger partial charge in [-0.2, -0.15) is 0 Å². The highest BCUT2D eigenvalue weighted by atomic mass is 35.5. The van der Waals surface area contributed by atoms with E-state index in [0.717, 1.165) is 0 Å². The van der Waals surface area contributed by atoms with E-state index < -0.39 is 36.1 Å². The Morgan fingerprint density at radius 2 is 1.09 bits per heavy atom. The number of hydrogen-bond donors (Lipinski definition) is 0. The van der Waals surface area contributed by atoms with E-state index in [-0.39, 0.29) is 15.1 Å². The maximum absolute atomic E-state index is 12.8. The summed E-state index contributed by atoms with van der Waals surface area (Å²) < 4.78 is 10.9. The van der Waals surface area contributed by atoms with Gasteiger partial charge in [0.1, 0.15) is 9.91 Å². The third-order valence-electron chi connectivity index (χ3n) is 4.71. The van der Waals surface area contributed by atoms with Crippen LogP contribution in [0.25, 0.3) is 0 Å². The van der Waals surface area contributed by atoms with Gasteiger partial charge in [0.25, 0.3) is 0 Å². The van der Waals surface area contributed by atoms with Gasteiger partial charge in [-0.25, -0.2) is 0 Å². The lowest BCUT2D eigenvalue weighted by Gasteiger charge is -2.43. The molecule has 0 aromatic rings. The number of rotatable bonds is 2. The van der Waals surface area contributed by atoms with E-state index in [1.54, 1.807) is 0 Å². The van der Waals surface area contributed by atoms with E-state index in [0.29, 0.717) is 0 Å². The molecule has 0 heterocycles. The fourth-order valence-corrected chi connectivity index (χ4v) is 8.06. The van der Waals surface area contributed by atoms with Gasteiger partial charge in [0, 0.05) is 14.2 Å². The number of ketones is 1. The minimum absolute atomic E-state index is 0.192. The van der Waals surface area contributed by atoms with Crippen LogP contribution in [0.3, 0.4) is 0 Å². The van der Waals surface area contributed by atoms with E-state index in [1.807, 2.05) is 0 Å². The van der Waals surface area contributed by atoms with E-state index in [9.17, 15) is 4.79 Å². The molecule has 1 fully saturated rings. The predicted octanol–water partition coefficient (Wildman–Crippen LogP) is 4.87. The number of fused-ring (bicyclic) bond motifs is 5. The van der Waals surface area contributed by atoms with Gasteiger partial charge in [-0.3, -0.25) is 4.79 Å². The van der Waals surface area contributed by atoms with Crippen LogP contribution in [0.5, 0.6) is 0 Å². The first kappa shape index (κ1) is 19.2. The molecule has 128 valence electrons. The van der Waals surface area contributed by atoms with Gasteiger partial charge >= 0.3 is 0 Å². The smallest absolute Gasteiger partial charge is 0.221 e. The molecular weight excluding hydrogens is 476 g/mol. The molecule has 0 aromatic carbocycles. The van der Waals surface area contributed by atoms with E-state index in [2.05, 4.69) is 0 Å². The van der Waals surface area contributed by atoms with Crippen LogP contribution in [-0.2, 0) is 14.3 Å². The first-order valence-electron chi connectivity index (χ1n) is 5.94. The molecule has 23 heavy (non-hydrogen) atoms. The van der Waals surface area contributed by atoms with Crippen LogP contribution in [0, 0.1) is 0 Å². The molecule has 0 N–H and O–H groups in total. The number of methoxy groups -OCH3 is 2. The molecule has 0 radical (unpaired) electrons. The van der Waals surface area contributed by atoms with Crippen molar-refractivity contribution in [3.8, 4) is 0 Å². The van der Waals surface area contributed by atoms with Crippen LogP contribution in [0.2, 0.25) is 0 Å². The predicted molar refractivity (Wildman–Crippen MR) is 93.6 cm³/mol. The van der Waals surface area contributed by atoms with Gasteiger partial charge in [-0.1, -0.05) is 46.4 Å². The Kier molecular flexibility index (Phi) is 4.17. The Morgan fingerprint density at radius 3 is 1.48 bits per heavy atom. The molecular formula is C12H6Cl8O3. The van der Waals surface area contributed by atoms with Crippen molar-refractivity contribution in [2.45, 2.75) is 25.3 Å². The zero-order chi connectivity index (χ0) is 17.8. The molecule has 3 nitrogen and oxygen atoms in total. The summed E-state index contributed by atoms with van der Waals surface area (Å²) in [5, 5.41) is -1.12. The summed E-state index contributed by atoms with van der Waals surface area (Å²) in [6, 6.07) is 0. The lowest BCUT2D eigenvalue weighted by Crippen LogP contribution is -2.62. The van der Waals surface area contributed by atoms with Gasteiger partial charge < -0.3 is 9.47 Å². The molecule has 3 aliphatic rings. The number of alkyl halides is 4. The monoisotopic (exact) mass is 478 g/mol. The van der Waals surface area contributed by atoms with Gasteiger partial charge in [-0.05, 0) is 0 Å². The molecule has 1 saturated carbocycles. The Hall–Kier alpha value is 1.39. The van der Waals surface area contributed by atoms with Crippen LogP contribution in [0.15, 0.2) is 20.1 Å². The quantitative estimate of drug-likeness (QED) is 0.417. The summed E-state index contributed by atoms with van der Waals surface area (Å²) in [6.07, 6.45) is 0. The van der Waals surface area contributed by atoms with Crippen molar-refractivity contribution in [1.82, 2.24) is 0 Å². The zero-order valence-corrected chi connectivity index (χ0v) is 17.3. The number of hydrogen-bond acceptors (Lipinski definition) is 3. The summed E-state index contributed by atoms with van der Waals surface area (Å²) in [5.41, 5.74) is 0. The van der Waals surface area contributed by atoms with Crippen molar-refractivity contribution in [1.29, 1.82) is 0 Å². The van der Waals surface area contributed by atoms with Crippen LogP contribution in [0.1, 0.15) is 0 Å².